The van der Waals surface area contributed by atoms with Gasteiger partial charge in [0.05, 0.1) is 18.7 Å². The largest absolute Gasteiger partial charge is 0.507 e. The van der Waals surface area contributed by atoms with E-state index < -0.39 is 17.7 Å². The minimum absolute atomic E-state index is 0.0409. The Hall–Kier alpha value is -3.45. The Balaban J connectivity index is 1.91. The normalized spacial score (nSPS) is 18.3. The second kappa shape index (κ2) is 7.52. The number of hydrogen-bond acceptors (Lipinski definition) is 6. The SMILES string of the molecule is COc1ccc([C@@H]2C(=C(O)c3ccc(C)cc3)C(=O)C(=O)N2c2nccs2)cc1. The topological polar surface area (TPSA) is 79.7 Å². The zero-order valence-electron chi connectivity index (χ0n) is 15.8. The molecule has 4 rings (SSSR count). The van der Waals surface area contributed by atoms with Crippen molar-refractivity contribution in [3.05, 3.63) is 82.4 Å². The summed E-state index contributed by atoms with van der Waals surface area (Å²) < 4.78 is 5.21. The Kier molecular flexibility index (Phi) is 4.90. The molecule has 0 radical (unpaired) electrons. The first-order chi connectivity index (χ1) is 14.0. The van der Waals surface area contributed by atoms with Crippen LogP contribution in [0.5, 0.6) is 5.75 Å². The van der Waals surface area contributed by atoms with Crippen molar-refractivity contribution in [1.29, 1.82) is 0 Å². The summed E-state index contributed by atoms with van der Waals surface area (Å²) in [5.74, 6) is -1.00. The van der Waals surface area contributed by atoms with E-state index in [1.807, 2.05) is 19.1 Å². The molecule has 1 fully saturated rings. The number of ketones is 1. The zero-order valence-corrected chi connectivity index (χ0v) is 16.6. The van der Waals surface area contributed by atoms with E-state index in [2.05, 4.69) is 4.98 Å². The van der Waals surface area contributed by atoms with Crippen LogP contribution in [0.3, 0.4) is 0 Å². The summed E-state index contributed by atoms with van der Waals surface area (Å²) in [4.78, 5) is 31.4. The van der Waals surface area contributed by atoms with E-state index in [-0.39, 0.29) is 11.3 Å². The number of thiazole rings is 1. The number of Topliss-reactive ketones (excluding diaryl/α,β-unsaturated/α-hetero) is 1. The molecule has 2 aromatic carbocycles. The molecule has 1 aliphatic rings. The lowest BCUT2D eigenvalue weighted by atomic mass is 9.95. The van der Waals surface area contributed by atoms with Crippen molar-refractivity contribution in [2.24, 2.45) is 0 Å². The van der Waals surface area contributed by atoms with Crippen LogP contribution in [0.1, 0.15) is 22.7 Å². The van der Waals surface area contributed by atoms with Gasteiger partial charge in [-0.3, -0.25) is 14.5 Å². The molecule has 0 saturated carbocycles. The number of rotatable bonds is 4. The Morgan fingerprint density at radius 3 is 2.38 bits per heavy atom. The lowest BCUT2D eigenvalue weighted by Gasteiger charge is -2.23. The molecule has 146 valence electrons. The monoisotopic (exact) mass is 406 g/mol. The molecule has 2 heterocycles. The molecule has 1 aromatic heterocycles. The third kappa shape index (κ3) is 3.30. The average Bonchev–Trinajstić information content (AvgIpc) is 3.35. The van der Waals surface area contributed by atoms with E-state index in [0.717, 1.165) is 5.56 Å². The number of amides is 1. The van der Waals surface area contributed by atoms with Crippen molar-refractivity contribution in [3.63, 3.8) is 0 Å². The number of nitrogens with zero attached hydrogens (tertiary/aromatic N) is 2. The molecule has 1 atom stereocenters. The lowest BCUT2D eigenvalue weighted by Crippen LogP contribution is -2.29. The third-order valence-corrected chi connectivity index (χ3v) is 5.60. The van der Waals surface area contributed by atoms with Gasteiger partial charge in [0.25, 0.3) is 5.78 Å². The van der Waals surface area contributed by atoms with E-state index in [4.69, 9.17) is 4.74 Å². The molecule has 1 aliphatic heterocycles. The molecule has 1 N–H and O–H groups in total. The second-order valence-corrected chi connectivity index (χ2v) is 7.50. The van der Waals surface area contributed by atoms with Crippen LogP contribution in [0.4, 0.5) is 5.13 Å². The molecule has 3 aromatic rings. The Bertz CT molecular complexity index is 1090. The van der Waals surface area contributed by atoms with Crippen LogP contribution in [0.2, 0.25) is 0 Å². The number of methoxy groups -OCH3 is 1. The van der Waals surface area contributed by atoms with Gasteiger partial charge in [-0.2, -0.15) is 0 Å². The fourth-order valence-corrected chi connectivity index (χ4v) is 4.00. The summed E-state index contributed by atoms with van der Waals surface area (Å²) >= 11 is 1.26. The smallest absolute Gasteiger partial charge is 0.301 e. The quantitative estimate of drug-likeness (QED) is 0.401. The van der Waals surface area contributed by atoms with Gasteiger partial charge in [0.15, 0.2) is 5.13 Å². The maximum Gasteiger partial charge on any atom is 0.301 e. The van der Waals surface area contributed by atoms with Crippen LogP contribution >= 0.6 is 11.3 Å². The van der Waals surface area contributed by atoms with Crippen molar-refractivity contribution in [2.75, 3.05) is 12.0 Å². The van der Waals surface area contributed by atoms with E-state index in [0.29, 0.717) is 22.0 Å². The molecular formula is C22H18N2O4S. The zero-order chi connectivity index (χ0) is 20.5. The minimum Gasteiger partial charge on any atom is -0.507 e. The van der Waals surface area contributed by atoms with Gasteiger partial charge >= 0.3 is 5.91 Å². The van der Waals surface area contributed by atoms with Crippen LogP contribution < -0.4 is 9.64 Å². The standard InChI is InChI=1S/C22H18N2O4S/c1-13-3-5-15(6-4-13)19(25)17-18(14-7-9-16(28-2)10-8-14)24(21(27)20(17)26)22-23-11-12-29-22/h3-12,18,25H,1-2H3/t18-/m1/s1. The first kappa shape index (κ1) is 18.9. The average molecular weight is 406 g/mol. The van der Waals surface area contributed by atoms with Gasteiger partial charge < -0.3 is 9.84 Å². The highest BCUT2D eigenvalue weighted by Gasteiger charge is 2.47. The molecule has 6 nitrogen and oxygen atoms in total. The Morgan fingerprint density at radius 1 is 1.10 bits per heavy atom. The number of ether oxygens (including phenoxy) is 1. The summed E-state index contributed by atoms with van der Waals surface area (Å²) in [6.45, 7) is 1.93. The maximum atomic E-state index is 12.9. The number of aliphatic hydroxyl groups is 1. The molecular weight excluding hydrogens is 388 g/mol. The van der Waals surface area contributed by atoms with Gasteiger partial charge in [-0.1, -0.05) is 42.0 Å². The fraction of sp³-hybridized carbons (Fsp3) is 0.136. The van der Waals surface area contributed by atoms with Gasteiger partial charge in [-0.15, -0.1) is 11.3 Å². The number of aromatic nitrogens is 1. The van der Waals surface area contributed by atoms with Crippen molar-refractivity contribution in [3.8, 4) is 5.75 Å². The van der Waals surface area contributed by atoms with Gasteiger partial charge in [-0.25, -0.2) is 4.98 Å². The van der Waals surface area contributed by atoms with Gasteiger partial charge in [0, 0.05) is 17.1 Å². The highest BCUT2D eigenvalue weighted by atomic mass is 32.1. The number of carbonyl (C=O) groups excluding carboxylic acids is 2. The summed E-state index contributed by atoms with van der Waals surface area (Å²) in [6.07, 6.45) is 1.57. The van der Waals surface area contributed by atoms with Gasteiger partial charge in [0.2, 0.25) is 0 Å². The lowest BCUT2D eigenvalue weighted by molar-refractivity contribution is -0.132. The highest BCUT2D eigenvalue weighted by Crippen LogP contribution is 2.42. The molecule has 0 unspecified atom stereocenters. The van der Waals surface area contributed by atoms with Crippen LogP contribution in [-0.4, -0.2) is 28.9 Å². The number of aliphatic hydroxyl groups excluding tert-OH is 1. The van der Waals surface area contributed by atoms with Gasteiger partial charge in [0.1, 0.15) is 11.5 Å². The third-order valence-electron chi connectivity index (χ3n) is 4.83. The van der Waals surface area contributed by atoms with Crippen molar-refractivity contribution >= 4 is 33.9 Å². The Labute approximate surface area is 171 Å². The summed E-state index contributed by atoms with van der Waals surface area (Å²) in [7, 11) is 1.56. The molecule has 0 aliphatic carbocycles. The molecule has 1 amide bonds. The second-order valence-electron chi connectivity index (χ2n) is 6.62. The van der Waals surface area contributed by atoms with Gasteiger partial charge in [-0.05, 0) is 24.6 Å². The molecule has 29 heavy (non-hydrogen) atoms. The van der Waals surface area contributed by atoms with Crippen LogP contribution in [0.25, 0.3) is 5.76 Å². The molecule has 0 bridgehead atoms. The molecule has 7 heteroatoms. The number of hydrogen-bond donors (Lipinski definition) is 1. The maximum absolute atomic E-state index is 12.9. The predicted molar refractivity (Wildman–Crippen MR) is 111 cm³/mol. The number of aryl methyl sites for hydroxylation is 1. The minimum atomic E-state index is -0.784. The van der Waals surface area contributed by atoms with Crippen molar-refractivity contribution in [1.82, 2.24) is 4.98 Å². The van der Waals surface area contributed by atoms with E-state index in [9.17, 15) is 14.7 Å². The number of carbonyl (C=O) groups is 2. The Morgan fingerprint density at radius 2 is 1.79 bits per heavy atom. The summed E-state index contributed by atoms with van der Waals surface area (Å²) in [6, 6.07) is 13.4. The van der Waals surface area contributed by atoms with E-state index in [1.54, 1.807) is 55.1 Å². The first-order valence-corrected chi connectivity index (χ1v) is 9.80. The predicted octanol–water partition coefficient (Wildman–Crippen LogP) is 4.09. The highest BCUT2D eigenvalue weighted by molar-refractivity contribution is 7.14. The van der Waals surface area contributed by atoms with Crippen LogP contribution in [-0.2, 0) is 9.59 Å². The summed E-state index contributed by atoms with van der Waals surface area (Å²) in [5.41, 5.74) is 2.22. The van der Waals surface area contributed by atoms with E-state index in [1.165, 1.54) is 16.2 Å². The molecule has 0 spiro atoms. The van der Waals surface area contributed by atoms with Crippen molar-refractivity contribution < 1.29 is 19.4 Å². The van der Waals surface area contributed by atoms with Crippen molar-refractivity contribution in [2.45, 2.75) is 13.0 Å². The van der Waals surface area contributed by atoms with Crippen LogP contribution in [0, 0.1) is 6.92 Å². The van der Waals surface area contributed by atoms with E-state index >= 15 is 0 Å². The fourth-order valence-electron chi connectivity index (χ4n) is 3.33. The first-order valence-electron chi connectivity index (χ1n) is 8.92. The molecule has 1 saturated heterocycles. The summed E-state index contributed by atoms with van der Waals surface area (Å²) in [5, 5.41) is 13.1. The number of benzene rings is 2. The van der Waals surface area contributed by atoms with Crippen LogP contribution in [0.15, 0.2) is 65.7 Å². The number of anilines is 1.